The number of hydrogen-bond donors (Lipinski definition) is 0. The van der Waals surface area contributed by atoms with Crippen LogP contribution in [-0.4, -0.2) is 10.7 Å². The Morgan fingerprint density at radius 3 is 2.53 bits per heavy atom. The molecule has 1 atom stereocenters. The Morgan fingerprint density at radius 1 is 0.974 bits per heavy atom. The molecule has 0 saturated heterocycles. The van der Waals surface area contributed by atoms with E-state index in [4.69, 9.17) is 14.0 Å². The first-order chi connectivity index (χ1) is 18.6. The summed E-state index contributed by atoms with van der Waals surface area (Å²) in [6.07, 6.45) is 7.11. The van der Waals surface area contributed by atoms with Gasteiger partial charge in [0.05, 0.1) is 10.6 Å². The molecule has 0 spiro atoms. The monoisotopic (exact) mass is 530 g/mol. The van der Waals surface area contributed by atoms with E-state index in [1.165, 1.54) is 25.7 Å². The molecule has 200 valence electrons. The molecule has 0 N–H and O–H groups in total. The van der Waals surface area contributed by atoms with Crippen LogP contribution in [0, 0.1) is 12.8 Å². The normalized spacial score (nSPS) is 12.4. The molecule has 38 heavy (non-hydrogen) atoms. The average molecular weight is 531 g/mol. The molecule has 0 amide bonds. The Balaban J connectivity index is 1.27. The molecule has 0 aliphatic rings. The maximum Gasteiger partial charge on any atom is 0.236 e. The van der Waals surface area contributed by atoms with E-state index in [9.17, 15) is 0 Å². The van der Waals surface area contributed by atoms with Crippen LogP contribution in [-0.2, 0) is 18.1 Å². The van der Waals surface area contributed by atoms with Gasteiger partial charge in [0, 0.05) is 0 Å². The summed E-state index contributed by atoms with van der Waals surface area (Å²) in [5.74, 6) is 3.01. The molecule has 2 aromatic heterocycles. The van der Waals surface area contributed by atoms with Crippen LogP contribution in [0.25, 0.3) is 10.8 Å². The molecule has 0 saturated carbocycles. The summed E-state index contributed by atoms with van der Waals surface area (Å²) in [5, 5.41) is 6.55. The molecule has 0 radical (unpaired) electrons. The van der Waals surface area contributed by atoms with Crippen molar-refractivity contribution in [3.8, 4) is 16.5 Å². The van der Waals surface area contributed by atoms with Crippen molar-refractivity contribution in [3.63, 3.8) is 0 Å². The predicted octanol–water partition coefficient (Wildman–Crippen LogP) is 9.21. The number of benzene rings is 2. The fourth-order valence-electron chi connectivity index (χ4n) is 4.13. The second-order valence-corrected chi connectivity index (χ2v) is 10.7. The van der Waals surface area contributed by atoms with Crippen LogP contribution in [0.3, 0.4) is 0 Å². The number of unbranched alkanes of at least 4 members (excludes halogenated alkanes) is 2. The van der Waals surface area contributed by atoms with Crippen LogP contribution in [0.5, 0.6) is 5.75 Å². The van der Waals surface area contributed by atoms with E-state index >= 15 is 0 Å². The maximum atomic E-state index is 5.96. The van der Waals surface area contributed by atoms with E-state index in [2.05, 4.69) is 48.3 Å². The van der Waals surface area contributed by atoms with Gasteiger partial charge in [-0.25, -0.2) is 4.98 Å². The van der Waals surface area contributed by atoms with Gasteiger partial charge in [0.15, 0.2) is 0 Å². The largest absolute Gasteiger partial charge is 0.487 e. The Hall–Kier alpha value is -3.38. The number of oxime groups is 1. The van der Waals surface area contributed by atoms with Crippen LogP contribution >= 0.6 is 11.3 Å². The van der Waals surface area contributed by atoms with Gasteiger partial charge in [0.2, 0.25) is 5.89 Å². The lowest BCUT2D eigenvalue weighted by Crippen LogP contribution is -2.03. The van der Waals surface area contributed by atoms with Gasteiger partial charge in [-0.05, 0) is 60.4 Å². The quantitative estimate of drug-likeness (QED) is 0.0873. The first-order valence-corrected chi connectivity index (χ1v) is 14.5. The zero-order valence-corrected chi connectivity index (χ0v) is 23.5. The molecule has 0 bridgehead atoms. The summed E-state index contributed by atoms with van der Waals surface area (Å²) in [6, 6.07) is 22.3. The van der Waals surface area contributed by atoms with Crippen LogP contribution in [0.4, 0.5) is 0 Å². The van der Waals surface area contributed by atoms with Gasteiger partial charge in [0.1, 0.15) is 30.4 Å². The minimum Gasteiger partial charge on any atom is -0.487 e. The van der Waals surface area contributed by atoms with Gasteiger partial charge in [-0.15, -0.1) is 11.3 Å². The van der Waals surface area contributed by atoms with Gasteiger partial charge in [-0.3, -0.25) is 0 Å². The van der Waals surface area contributed by atoms with Crippen molar-refractivity contribution in [3.05, 3.63) is 94.7 Å². The number of nitrogens with zero attached hydrogens (tertiary/aromatic N) is 2. The molecule has 0 fully saturated rings. The van der Waals surface area contributed by atoms with Crippen molar-refractivity contribution in [2.75, 3.05) is 0 Å². The van der Waals surface area contributed by atoms with Crippen LogP contribution in [0.1, 0.15) is 75.0 Å². The third-order valence-corrected chi connectivity index (χ3v) is 7.60. The van der Waals surface area contributed by atoms with E-state index in [-0.39, 0.29) is 0 Å². The van der Waals surface area contributed by atoms with Crippen molar-refractivity contribution < 1.29 is 14.0 Å². The fourth-order valence-corrected chi connectivity index (χ4v) is 4.77. The van der Waals surface area contributed by atoms with Crippen LogP contribution in [0.2, 0.25) is 0 Å². The Kier molecular flexibility index (Phi) is 10.6. The van der Waals surface area contributed by atoms with E-state index in [1.807, 2.05) is 54.8 Å². The highest BCUT2D eigenvalue weighted by atomic mass is 32.1. The molecule has 2 aromatic carbocycles. The van der Waals surface area contributed by atoms with E-state index < -0.39 is 0 Å². The summed E-state index contributed by atoms with van der Waals surface area (Å²) in [4.78, 5) is 11.4. The third kappa shape index (κ3) is 8.32. The Bertz CT molecular complexity index is 1250. The highest BCUT2D eigenvalue weighted by Crippen LogP contribution is 2.26. The first kappa shape index (κ1) is 27.6. The molecule has 0 aliphatic carbocycles. The zero-order valence-electron chi connectivity index (χ0n) is 22.7. The lowest BCUT2D eigenvalue weighted by Gasteiger charge is -2.10. The molecule has 6 heteroatoms. The van der Waals surface area contributed by atoms with Crippen molar-refractivity contribution in [1.82, 2.24) is 4.98 Å². The number of ether oxygens (including phenoxy) is 1. The van der Waals surface area contributed by atoms with Gasteiger partial charge < -0.3 is 14.0 Å². The summed E-state index contributed by atoms with van der Waals surface area (Å²) >= 11 is 1.61. The van der Waals surface area contributed by atoms with Gasteiger partial charge in [-0.1, -0.05) is 93.2 Å². The van der Waals surface area contributed by atoms with E-state index in [0.29, 0.717) is 19.1 Å². The fraction of sp³-hybridized carbons (Fsp3) is 0.375. The lowest BCUT2D eigenvalue weighted by atomic mass is 9.99. The second-order valence-electron chi connectivity index (χ2n) is 9.72. The molecule has 2 heterocycles. The number of hydrogen-bond acceptors (Lipinski definition) is 6. The summed E-state index contributed by atoms with van der Waals surface area (Å²) in [6.45, 7) is 7.29. The minimum absolute atomic E-state index is 0.360. The molecule has 0 aliphatic heterocycles. The molecule has 4 aromatic rings. The molecule has 4 rings (SSSR count). The van der Waals surface area contributed by atoms with Gasteiger partial charge >= 0.3 is 0 Å². The van der Waals surface area contributed by atoms with Crippen molar-refractivity contribution >= 4 is 17.0 Å². The highest BCUT2D eigenvalue weighted by molar-refractivity contribution is 7.13. The molecule has 1 unspecified atom stereocenters. The summed E-state index contributed by atoms with van der Waals surface area (Å²) < 4.78 is 11.8. The van der Waals surface area contributed by atoms with Gasteiger partial charge in [0.25, 0.3) is 0 Å². The topological polar surface area (TPSA) is 56.9 Å². The lowest BCUT2D eigenvalue weighted by molar-refractivity contribution is 0.130. The zero-order chi connectivity index (χ0) is 26.6. The van der Waals surface area contributed by atoms with Gasteiger partial charge in [-0.2, -0.15) is 0 Å². The van der Waals surface area contributed by atoms with Crippen LogP contribution < -0.4 is 4.74 Å². The Morgan fingerprint density at radius 2 is 1.79 bits per heavy atom. The third-order valence-electron chi connectivity index (χ3n) is 6.74. The highest BCUT2D eigenvalue weighted by Gasteiger charge is 2.13. The Labute approximate surface area is 230 Å². The smallest absolute Gasteiger partial charge is 0.236 e. The number of oxazole rings is 1. The number of aromatic nitrogens is 1. The number of thiophene rings is 1. The average Bonchev–Trinajstić information content (AvgIpc) is 3.62. The molecular weight excluding hydrogens is 492 g/mol. The summed E-state index contributed by atoms with van der Waals surface area (Å²) in [5.41, 5.74) is 3.99. The van der Waals surface area contributed by atoms with Crippen LogP contribution in [0.15, 0.2) is 81.7 Å². The first-order valence-electron chi connectivity index (χ1n) is 13.6. The summed E-state index contributed by atoms with van der Waals surface area (Å²) in [7, 11) is 0. The number of rotatable bonds is 15. The molecular formula is C32H38N2O3S. The number of aryl methyl sites for hydroxylation is 1. The predicted molar refractivity (Wildman–Crippen MR) is 156 cm³/mol. The van der Waals surface area contributed by atoms with Crippen molar-refractivity contribution in [2.24, 2.45) is 11.1 Å². The molecule has 5 nitrogen and oxygen atoms in total. The minimum atomic E-state index is 0.360. The van der Waals surface area contributed by atoms with E-state index in [1.54, 1.807) is 11.3 Å². The van der Waals surface area contributed by atoms with Crippen molar-refractivity contribution in [1.29, 1.82) is 0 Å². The SMILES string of the molecule is CCC(C)CCCCC/C(=N\OCc1ccc(OCc2nc(-c3cccs3)oc2C)cc1)c1ccccc1. The second kappa shape index (κ2) is 14.5. The standard InChI is InChI=1S/C32H38N2O3S/c1-4-24(2)12-7-5-10-15-29(27-13-8-6-9-14-27)34-36-22-26-17-19-28(20-18-26)35-23-30-25(3)37-32(33-30)31-16-11-21-38-31/h6,8-9,11,13-14,16-21,24H,4-5,7,10,12,15,22-23H2,1-3H3/b34-29+. The van der Waals surface area contributed by atoms with E-state index in [0.717, 1.165) is 57.7 Å². The van der Waals surface area contributed by atoms with Crippen molar-refractivity contribution in [2.45, 2.75) is 72.5 Å². The maximum absolute atomic E-state index is 5.96.